The summed E-state index contributed by atoms with van der Waals surface area (Å²) in [5.74, 6) is -0.897. The van der Waals surface area contributed by atoms with Crippen molar-refractivity contribution in [3.8, 4) is 0 Å². The molecule has 0 aromatic heterocycles. The highest BCUT2D eigenvalue weighted by Crippen LogP contribution is 2.13. The van der Waals surface area contributed by atoms with Crippen molar-refractivity contribution >= 4 is 21.8 Å². The molecule has 1 aromatic carbocycles. The number of carboxylic acids is 1. The summed E-state index contributed by atoms with van der Waals surface area (Å²) in [5, 5.41) is 11.7. The van der Waals surface area contributed by atoms with Crippen molar-refractivity contribution < 1.29 is 22.9 Å². The molecule has 0 spiro atoms. The van der Waals surface area contributed by atoms with Gasteiger partial charge >= 0.3 is 5.97 Å². The van der Waals surface area contributed by atoms with E-state index in [2.05, 4.69) is 5.32 Å². The Labute approximate surface area is 100 Å². The molecule has 17 heavy (non-hydrogen) atoms. The van der Waals surface area contributed by atoms with Crippen LogP contribution in [0.15, 0.2) is 24.3 Å². The van der Waals surface area contributed by atoms with Crippen LogP contribution >= 0.6 is 0 Å². The Morgan fingerprint density at radius 1 is 1.35 bits per heavy atom. The van der Waals surface area contributed by atoms with E-state index in [0.717, 1.165) is 6.54 Å². The number of benzene rings is 1. The first-order valence-corrected chi connectivity index (χ1v) is 6.59. The molecule has 1 rings (SSSR count). The molecule has 3 N–H and O–H groups in total. The minimum Gasteiger partial charge on any atom is -0.478 e. The van der Waals surface area contributed by atoms with Gasteiger partial charge in [-0.25, -0.2) is 4.79 Å². The van der Waals surface area contributed by atoms with E-state index in [9.17, 15) is 13.2 Å². The first kappa shape index (κ1) is 15.4. The Bertz CT molecular complexity index is 461. The smallest absolute Gasteiger partial charge is 0.337 e. The van der Waals surface area contributed by atoms with Crippen molar-refractivity contribution in [2.45, 2.75) is 6.92 Å². The Hall–Kier alpha value is -1.60. The lowest BCUT2D eigenvalue weighted by atomic mass is 10.2. The van der Waals surface area contributed by atoms with Crippen LogP contribution in [0.2, 0.25) is 0 Å². The molecule has 0 bridgehead atoms. The SMILES string of the molecule is CCNc1ccccc1C(=O)O.CS(=O)(=O)O. The second-order valence-electron chi connectivity index (χ2n) is 3.11. The number of carbonyl (C=O) groups is 1. The largest absolute Gasteiger partial charge is 0.478 e. The fraction of sp³-hybridized carbons (Fsp3) is 0.300. The molecule has 7 heteroatoms. The summed E-state index contributed by atoms with van der Waals surface area (Å²) in [6.45, 7) is 2.66. The molecule has 0 aliphatic carbocycles. The van der Waals surface area contributed by atoms with E-state index in [4.69, 9.17) is 9.66 Å². The van der Waals surface area contributed by atoms with Gasteiger partial charge < -0.3 is 10.4 Å². The lowest BCUT2D eigenvalue weighted by Gasteiger charge is -2.05. The number of aromatic carboxylic acids is 1. The molecule has 0 saturated carbocycles. The number of hydrogen-bond acceptors (Lipinski definition) is 4. The van der Waals surface area contributed by atoms with Gasteiger partial charge in [0.2, 0.25) is 0 Å². The van der Waals surface area contributed by atoms with Crippen molar-refractivity contribution in [1.29, 1.82) is 0 Å². The van der Waals surface area contributed by atoms with Crippen LogP contribution in [-0.2, 0) is 10.1 Å². The molecule has 0 amide bonds. The number of rotatable bonds is 3. The third-order valence-electron chi connectivity index (χ3n) is 1.52. The monoisotopic (exact) mass is 261 g/mol. The van der Waals surface area contributed by atoms with Gasteiger partial charge in [0.05, 0.1) is 11.8 Å². The van der Waals surface area contributed by atoms with Crippen LogP contribution in [0.1, 0.15) is 17.3 Å². The van der Waals surface area contributed by atoms with Crippen LogP contribution in [0.5, 0.6) is 0 Å². The average molecular weight is 261 g/mol. The lowest BCUT2D eigenvalue weighted by molar-refractivity contribution is 0.0698. The molecule has 96 valence electrons. The van der Waals surface area contributed by atoms with Crippen molar-refractivity contribution in [2.75, 3.05) is 18.1 Å². The van der Waals surface area contributed by atoms with Gasteiger partial charge in [-0.05, 0) is 19.1 Å². The topological polar surface area (TPSA) is 104 Å². The Morgan fingerprint density at radius 2 is 1.82 bits per heavy atom. The van der Waals surface area contributed by atoms with Crippen LogP contribution in [0, 0.1) is 0 Å². The predicted octanol–water partition coefficient (Wildman–Crippen LogP) is 1.32. The molecule has 0 aliphatic rings. The minimum atomic E-state index is -3.67. The van der Waals surface area contributed by atoms with E-state index in [0.29, 0.717) is 17.5 Å². The number of nitrogens with one attached hydrogen (secondary N) is 1. The van der Waals surface area contributed by atoms with Crippen molar-refractivity contribution in [2.24, 2.45) is 0 Å². The molecule has 1 aromatic rings. The third kappa shape index (κ3) is 8.23. The van der Waals surface area contributed by atoms with Gasteiger partial charge in [0, 0.05) is 12.2 Å². The second-order valence-corrected chi connectivity index (χ2v) is 4.58. The van der Waals surface area contributed by atoms with Crippen molar-refractivity contribution in [3.63, 3.8) is 0 Å². The molecule has 0 aliphatic heterocycles. The second kappa shape index (κ2) is 6.87. The van der Waals surface area contributed by atoms with Crippen LogP contribution < -0.4 is 5.32 Å². The van der Waals surface area contributed by atoms with Crippen molar-refractivity contribution in [3.05, 3.63) is 29.8 Å². The molecule has 0 saturated heterocycles. The number of para-hydroxylation sites is 1. The third-order valence-corrected chi connectivity index (χ3v) is 1.52. The maximum Gasteiger partial charge on any atom is 0.337 e. The van der Waals surface area contributed by atoms with Crippen LogP contribution in [-0.4, -0.2) is 36.8 Å². The number of anilines is 1. The van der Waals surface area contributed by atoms with E-state index in [1.807, 2.05) is 13.0 Å². The normalized spacial score (nSPS) is 10.1. The molecular weight excluding hydrogens is 246 g/mol. The summed E-state index contributed by atoms with van der Waals surface area (Å²) >= 11 is 0. The highest BCUT2D eigenvalue weighted by Gasteiger charge is 2.06. The van der Waals surface area contributed by atoms with Gasteiger partial charge in [-0.1, -0.05) is 12.1 Å². The summed E-state index contributed by atoms with van der Waals surface area (Å²) < 4.78 is 25.9. The number of carboxylic acid groups (broad SMARTS) is 1. The maximum absolute atomic E-state index is 10.7. The first-order chi connectivity index (χ1) is 7.75. The van der Waals surface area contributed by atoms with Crippen molar-refractivity contribution in [1.82, 2.24) is 0 Å². The van der Waals surface area contributed by atoms with Gasteiger partial charge in [-0.3, -0.25) is 4.55 Å². The Kier molecular flexibility index (Phi) is 6.22. The summed E-state index contributed by atoms with van der Waals surface area (Å²) in [6, 6.07) is 6.86. The Balaban J connectivity index is 0.000000437. The minimum absolute atomic E-state index is 0.319. The maximum atomic E-state index is 10.7. The van der Waals surface area contributed by atoms with Gasteiger partial charge in [0.25, 0.3) is 10.1 Å². The van der Waals surface area contributed by atoms with Crippen LogP contribution in [0.4, 0.5) is 5.69 Å². The zero-order valence-corrected chi connectivity index (χ0v) is 10.4. The lowest BCUT2D eigenvalue weighted by Crippen LogP contribution is -2.04. The summed E-state index contributed by atoms with van der Waals surface area (Å²) in [6.07, 6.45) is 0.715. The van der Waals surface area contributed by atoms with E-state index in [1.54, 1.807) is 18.2 Å². The highest BCUT2D eigenvalue weighted by molar-refractivity contribution is 7.85. The van der Waals surface area contributed by atoms with E-state index >= 15 is 0 Å². The number of hydrogen-bond donors (Lipinski definition) is 3. The highest BCUT2D eigenvalue weighted by atomic mass is 32.2. The van der Waals surface area contributed by atoms with Crippen LogP contribution in [0.3, 0.4) is 0 Å². The molecule has 0 atom stereocenters. The predicted molar refractivity (Wildman–Crippen MR) is 65.0 cm³/mol. The first-order valence-electron chi connectivity index (χ1n) is 4.74. The molecule has 6 nitrogen and oxygen atoms in total. The Morgan fingerprint density at radius 3 is 2.24 bits per heavy atom. The zero-order valence-electron chi connectivity index (χ0n) is 9.54. The van der Waals surface area contributed by atoms with E-state index < -0.39 is 16.1 Å². The van der Waals surface area contributed by atoms with Crippen LogP contribution in [0.25, 0.3) is 0 Å². The van der Waals surface area contributed by atoms with Gasteiger partial charge in [-0.2, -0.15) is 8.42 Å². The van der Waals surface area contributed by atoms with Gasteiger partial charge in [0.15, 0.2) is 0 Å². The van der Waals surface area contributed by atoms with Gasteiger partial charge in [0.1, 0.15) is 0 Å². The summed E-state index contributed by atoms with van der Waals surface area (Å²) in [7, 11) is -3.67. The molecule has 0 fully saturated rings. The van der Waals surface area contributed by atoms with E-state index in [-0.39, 0.29) is 0 Å². The summed E-state index contributed by atoms with van der Waals surface area (Å²) in [4.78, 5) is 10.7. The van der Waals surface area contributed by atoms with Gasteiger partial charge in [-0.15, -0.1) is 0 Å². The average Bonchev–Trinajstić information content (AvgIpc) is 2.16. The molecular formula is C10H15NO5S. The fourth-order valence-electron chi connectivity index (χ4n) is 1.01. The molecule has 0 heterocycles. The molecule has 0 radical (unpaired) electrons. The molecule has 0 unspecified atom stereocenters. The fourth-order valence-corrected chi connectivity index (χ4v) is 1.01. The quantitative estimate of drug-likeness (QED) is 0.709. The standard InChI is InChI=1S/C9H11NO2.CH4O3S/c1-2-10-8-6-4-3-5-7(8)9(11)12;1-5(2,3)4/h3-6,10H,2H2,1H3,(H,11,12);1H3,(H,2,3,4). The zero-order chi connectivity index (χ0) is 13.5. The van der Waals surface area contributed by atoms with E-state index in [1.165, 1.54) is 0 Å². The summed E-state index contributed by atoms with van der Waals surface area (Å²) in [5.41, 5.74) is 0.992.